The van der Waals surface area contributed by atoms with Gasteiger partial charge in [-0.05, 0) is 47.7 Å². The van der Waals surface area contributed by atoms with Crippen molar-refractivity contribution < 1.29 is 0 Å². The summed E-state index contributed by atoms with van der Waals surface area (Å²) < 4.78 is 1.21. The number of hydrogen-bond acceptors (Lipinski definition) is 3. The zero-order chi connectivity index (χ0) is 11.5. The highest BCUT2D eigenvalue weighted by molar-refractivity contribution is 14.1. The Hall–Kier alpha value is -1.01. The third-order valence-corrected chi connectivity index (χ3v) is 2.96. The van der Waals surface area contributed by atoms with Crippen LogP contribution < -0.4 is 5.73 Å². The molecule has 0 spiro atoms. The second kappa shape index (κ2) is 4.88. The van der Waals surface area contributed by atoms with E-state index in [1.165, 1.54) is 3.57 Å². The van der Waals surface area contributed by atoms with Crippen LogP contribution in [0.25, 0.3) is 11.3 Å². The van der Waals surface area contributed by atoms with Crippen LogP contribution in [0.5, 0.6) is 0 Å². The van der Waals surface area contributed by atoms with E-state index in [2.05, 4.69) is 56.8 Å². The lowest BCUT2D eigenvalue weighted by molar-refractivity contribution is 0.929. The molecule has 0 aliphatic heterocycles. The number of nitrogens with two attached hydrogens (primary N) is 1. The van der Waals surface area contributed by atoms with Gasteiger partial charge in [-0.25, -0.2) is 9.97 Å². The van der Waals surface area contributed by atoms with Gasteiger partial charge in [-0.2, -0.15) is 0 Å². The molecule has 0 fully saturated rings. The first-order chi connectivity index (χ1) is 7.69. The fraction of sp³-hybridized carbons (Fsp3) is 0.167. The monoisotopic (exact) mass is 325 g/mol. The van der Waals surface area contributed by atoms with Crippen molar-refractivity contribution in [3.63, 3.8) is 0 Å². The Balaban J connectivity index is 2.47. The maximum Gasteiger partial charge on any atom is 0.126 e. The minimum atomic E-state index is 0.445. The summed E-state index contributed by atoms with van der Waals surface area (Å²) >= 11 is 2.28. The van der Waals surface area contributed by atoms with E-state index in [-0.39, 0.29) is 0 Å². The van der Waals surface area contributed by atoms with E-state index in [0.717, 1.165) is 22.8 Å². The van der Waals surface area contributed by atoms with Crippen LogP contribution in [-0.4, -0.2) is 9.97 Å². The van der Waals surface area contributed by atoms with Gasteiger partial charge in [0.1, 0.15) is 5.82 Å². The summed E-state index contributed by atoms with van der Waals surface area (Å²) in [7, 11) is 0. The lowest BCUT2D eigenvalue weighted by Gasteiger charge is -2.04. The Morgan fingerprint density at radius 2 is 1.88 bits per heavy atom. The minimum absolute atomic E-state index is 0.445. The molecule has 1 aromatic carbocycles. The van der Waals surface area contributed by atoms with Gasteiger partial charge in [0.05, 0.1) is 11.4 Å². The number of hydrogen-bond donors (Lipinski definition) is 1. The van der Waals surface area contributed by atoms with Crippen LogP contribution in [0.2, 0.25) is 0 Å². The van der Waals surface area contributed by atoms with Crippen LogP contribution in [0.4, 0.5) is 0 Å². The quantitative estimate of drug-likeness (QED) is 0.863. The molecule has 0 aliphatic carbocycles. The van der Waals surface area contributed by atoms with Gasteiger partial charge in [-0.15, -0.1) is 0 Å². The van der Waals surface area contributed by atoms with E-state index in [1.807, 2.05) is 13.0 Å². The van der Waals surface area contributed by atoms with Crippen LogP contribution in [0.1, 0.15) is 11.5 Å². The summed E-state index contributed by atoms with van der Waals surface area (Å²) in [6, 6.07) is 10.2. The molecule has 2 N–H and O–H groups in total. The summed E-state index contributed by atoms with van der Waals surface area (Å²) in [5.74, 6) is 0.761. The number of benzene rings is 1. The van der Waals surface area contributed by atoms with Gasteiger partial charge in [0.15, 0.2) is 0 Å². The molecule has 0 amide bonds. The second-order valence-corrected chi connectivity index (χ2v) is 4.75. The predicted molar refractivity (Wildman–Crippen MR) is 72.8 cm³/mol. The average molecular weight is 325 g/mol. The Kier molecular flexibility index (Phi) is 3.50. The molecular weight excluding hydrogens is 313 g/mol. The second-order valence-electron chi connectivity index (χ2n) is 3.50. The molecule has 3 nitrogen and oxygen atoms in total. The Labute approximate surface area is 108 Å². The Morgan fingerprint density at radius 3 is 2.50 bits per heavy atom. The van der Waals surface area contributed by atoms with E-state index < -0.39 is 0 Å². The number of aryl methyl sites for hydroxylation is 1. The maximum absolute atomic E-state index is 5.60. The smallest absolute Gasteiger partial charge is 0.126 e. The van der Waals surface area contributed by atoms with Crippen LogP contribution in [0, 0.1) is 10.5 Å². The Morgan fingerprint density at radius 1 is 1.19 bits per heavy atom. The van der Waals surface area contributed by atoms with Crippen molar-refractivity contribution in [2.24, 2.45) is 5.73 Å². The first-order valence-corrected chi connectivity index (χ1v) is 6.07. The summed E-state index contributed by atoms with van der Waals surface area (Å²) in [5, 5.41) is 0. The predicted octanol–water partition coefficient (Wildman–Crippen LogP) is 2.52. The van der Waals surface area contributed by atoms with Crippen molar-refractivity contribution in [3.8, 4) is 11.3 Å². The maximum atomic E-state index is 5.60. The number of rotatable bonds is 2. The van der Waals surface area contributed by atoms with Crippen LogP contribution >= 0.6 is 22.6 Å². The van der Waals surface area contributed by atoms with Gasteiger partial charge in [-0.3, -0.25) is 0 Å². The first kappa shape index (κ1) is 11.5. The molecule has 0 atom stereocenters. The SMILES string of the molecule is Cc1nc(CN)cc(-c2ccc(I)cc2)n1. The minimum Gasteiger partial charge on any atom is -0.325 e. The van der Waals surface area contributed by atoms with Crippen molar-refractivity contribution >= 4 is 22.6 Å². The molecule has 0 unspecified atom stereocenters. The largest absolute Gasteiger partial charge is 0.325 e. The van der Waals surface area contributed by atoms with Gasteiger partial charge < -0.3 is 5.73 Å². The molecule has 82 valence electrons. The van der Waals surface area contributed by atoms with E-state index in [1.54, 1.807) is 0 Å². The van der Waals surface area contributed by atoms with Crippen LogP contribution in [0.3, 0.4) is 0 Å². The van der Waals surface area contributed by atoms with Crippen LogP contribution in [-0.2, 0) is 6.54 Å². The topological polar surface area (TPSA) is 51.8 Å². The molecule has 1 aromatic heterocycles. The molecule has 16 heavy (non-hydrogen) atoms. The average Bonchev–Trinajstić information content (AvgIpc) is 2.29. The molecule has 1 heterocycles. The molecule has 2 rings (SSSR count). The van der Waals surface area contributed by atoms with Crippen LogP contribution in [0.15, 0.2) is 30.3 Å². The third kappa shape index (κ3) is 2.56. The molecule has 0 radical (unpaired) electrons. The number of aromatic nitrogens is 2. The van der Waals surface area contributed by atoms with E-state index >= 15 is 0 Å². The molecule has 0 saturated carbocycles. The Bertz CT molecular complexity index is 494. The molecule has 0 aliphatic rings. The van der Waals surface area contributed by atoms with Crippen molar-refractivity contribution in [1.29, 1.82) is 0 Å². The summed E-state index contributed by atoms with van der Waals surface area (Å²) in [5.41, 5.74) is 8.51. The number of nitrogens with zero attached hydrogens (tertiary/aromatic N) is 2. The summed E-state index contributed by atoms with van der Waals surface area (Å²) in [4.78, 5) is 8.67. The highest BCUT2D eigenvalue weighted by Crippen LogP contribution is 2.19. The first-order valence-electron chi connectivity index (χ1n) is 4.99. The van der Waals surface area contributed by atoms with Gasteiger partial charge in [0.2, 0.25) is 0 Å². The summed E-state index contributed by atoms with van der Waals surface area (Å²) in [6.45, 7) is 2.33. The van der Waals surface area contributed by atoms with Crippen molar-refractivity contribution in [1.82, 2.24) is 9.97 Å². The van der Waals surface area contributed by atoms with E-state index in [0.29, 0.717) is 6.54 Å². The molecule has 2 aromatic rings. The summed E-state index contributed by atoms with van der Waals surface area (Å²) in [6.07, 6.45) is 0. The lowest BCUT2D eigenvalue weighted by Crippen LogP contribution is -2.03. The standard InChI is InChI=1S/C12H12IN3/c1-8-15-11(7-14)6-12(16-8)9-2-4-10(13)5-3-9/h2-6H,7,14H2,1H3. The normalized spacial score (nSPS) is 10.4. The third-order valence-electron chi connectivity index (χ3n) is 2.24. The highest BCUT2D eigenvalue weighted by Gasteiger charge is 2.03. The lowest BCUT2D eigenvalue weighted by atomic mass is 10.1. The zero-order valence-electron chi connectivity index (χ0n) is 8.94. The molecule has 0 bridgehead atoms. The highest BCUT2D eigenvalue weighted by atomic mass is 127. The van der Waals surface area contributed by atoms with E-state index in [9.17, 15) is 0 Å². The molecule has 4 heteroatoms. The fourth-order valence-corrected chi connectivity index (χ4v) is 1.86. The molecular formula is C12H12IN3. The van der Waals surface area contributed by atoms with Gasteiger partial charge in [-0.1, -0.05) is 12.1 Å². The molecule has 0 saturated heterocycles. The van der Waals surface area contributed by atoms with Gasteiger partial charge in [0.25, 0.3) is 0 Å². The zero-order valence-corrected chi connectivity index (χ0v) is 11.1. The van der Waals surface area contributed by atoms with Crippen molar-refractivity contribution in [2.75, 3.05) is 0 Å². The van der Waals surface area contributed by atoms with Gasteiger partial charge >= 0.3 is 0 Å². The van der Waals surface area contributed by atoms with Crippen molar-refractivity contribution in [2.45, 2.75) is 13.5 Å². The van der Waals surface area contributed by atoms with Crippen molar-refractivity contribution in [3.05, 3.63) is 45.4 Å². The van der Waals surface area contributed by atoms with E-state index in [4.69, 9.17) is 5.73 Å². The fourth-order valence-electron chi connectivity index (χ4n) is 1.50. The number of halogens is 1. The van der Waals surface area contributed by atoms with Gasteiger partial charge in [0, 0.05) is 15.7 Å².